The number of hydrogen-bond acceptors (Lipinski definition) is 10. The molecule has 2 heterocycles. The largest absolute Gasteiger partial charge is 0.442 e. The first-order chi connectivity index (χ1) is 17.0. The number of halogens is 2. The number of hydrogen-bond donors (Lipinski definition) is 1. The number of nitrogens with one attached hydrogen (secondary N) is 1. The third-order valence-electron chi connectivity index (χ3n) is 5.76. The molecule has 15 heteroatoms. The van der Waals surface area contributed by atoms with Crippen LogP contribution in [0.25, 0.3) is 0 Å². The summed E-state index contributed by atoms with van der Waals surface area (Å²) in [5.74, 6) is -2.29. The molecule has 36 heavy (non-hydrogen) atoms. The molecule has 0 unspecified atom stereocenters. The molecule has 2 saturated heterocycles. The van der Waals surface area contributed by atoms with E-state index >= 15 is 0 Å². The molecule has 0 saturated carbocycles. The zero-order valence-corrected chi connectivity index (χ0v) is 20.8. The molecule has 198 valence electrons. The van der Waals surface area contributed by atoms with Gasteiger partial charge in [-0.05, 0) is 48.2 Å². The van der Waals surface area contributed by atoms with E-state index in [-0.39, 0.29) is 42.7 Å². The van der Waals surface area contributed by atoms with Crippen molar-refractivity contribution in [1.82, 2.24) is 9.74 Å². The van der Waals surface area contributed by atoms with Gasteiger partial charge in [0.1, 0.15) is 28.3 Å². The van der Waals surface area contributed by atoms with Crippen molar-refractivity contribution in [2.45, 2.75) is 31.8 Å². The summed E-state index contributed by atoms with van der Waals surface area (Å²) in [7, 11) is -3.09. The SMILES string of the molecule is CC(=O)N(C[C@H]1CN(c2ccc(C3CCS(=O)(=O)CC3)c(F)c2)C(=O)O1)C(=O)OCOC(=O)CNCl. The Morgan fingerprint density at radius 2 is 1.94 bits per heavy atom. The van der Waals surface area contributed by atoms with Crippen molar-refractivity contribution in [3.8, 4) is 0 Å². The van der Waals surface area contributed by atoms with Crippen LogP contribution < -0.4 is 9.74 Å². The first-order valence-electron chi connectivity index (χ1n) is 10.9. The minimum absolute atomic E-state index is 0.00112. The Bertz CT molecular complexity index is 1120. The van der Waals surface area contributed by atoms with E-state index in [0.29, 0.717) is 23.3 Å². The third-order valence-corrected chi connectivity index (χ3v) is 7.61. The zero-order chi connectivity index (χ0) is 26.5. The van der Waals surface area contributed by atoms with Crippen LogP contribution in [0.1, 0.15) is 31.2 Å². The maximum Gasteiger partial charge on any atom is 0.419 e. The van der Waals surface area contributed by atoms with Gasteiger partial charge in [-0.25, -0.2) is 32.1 Å². The second-order valence-electron chi connectivity index (χ2n) is 8.23. The minimum atomic E-state index is -3.09. The first-order valence-corrected chi connectivity index (χ1v) is 13.1. The molecule has 12 nitrogen and oxygen atoms in total. The van der Waals surface area contributed by atoms with Crippen molar-refractivity contribution in [1.29, 1.82) is 0 Å². The van der Waals surface area contributed by atoms with Crippen LogP contribution >= 0.6 is 11.8 Å². The highest BCUT2D eigenvalue weighted by Crippen LogP contribution is 2.33. The number of carbonyl (C=O) groups excluding carboxylic acids is 4. The van der Waals surface area contributed by atoms with E-state index in [0.717, 1.165) is 11.8 Å². The lowest BCUT2D eigenvalue weighted by molar-refractivity contribution is -0.151. The molecule has 2 aliphatic rings. The Morgan fingerprint density at radius 3 is 2.56 bits per heavy atom. The van der Waals surface area contributed by atoms with Crippen LogP contribution in [0.2, 0.25) is 0 Å². The number of carbonyl (C=O) groups is 4. The Morgan fingerprint density at radius 1 is 1.25 bits per heavy atom. The maximum absolute atomic E-state index is 14.9. The second kappa shape index (κ2) is 11.8. The molecule has 0 radical (unpaired) electrons. The van der Waals surface area contributed by atoms with Crippen molar-refractivity contribution < 1.29 is 46.2 Å². The Balaban J connectivity index is 1.60. The van der Waals surface area contributed by atoms with Crippen LogP contribution in [-0.2, 0) is 33.6 Å². The topological polar surface area (TPSA) is 149 Å². The normalized spacial score (nSPS) is 19.5. The fourth-order valence-corrected chi connectivity index (χ4v) is 5.51. The summed E-state index contributed by atoms with van der Waals surface area (Å²) in [5.41, 5.74) is 0.592. The quantitative estimate of drug-likeness (QED) is 0.288. The molecule has 1 atom stereocenters. The average molecular weight is 550 g/mol. The lowest BCUT2D eigenvalue weighted by Gasteiger charge is -2.23. The van der Waals surface area contributed by atoms with Gasteiger partial charge in [-0.2, -0.15) is 0 Å². The molecule has 1 aromatic rings. The van der Waals surface area contributed by atoms with Crippen molar-refractivity contribution in [3.05, 3.63) is 29.6 Å². The highest BCUT2D eigenvalue weighted by atomic mass is 35.5. The van der Waals surface area contributed by atoms with Gasteiger partial charge in [0, 0.05) is 6.92 Å². The van der Waals surface area contributed by atoms with Crippen LogP contribution in [0.15, 0.2) is 18.2 Å². The molecule has 0 aliphatic carbocycles. The average Bonchev–Trinajstić information content (AvgIpc) is 3.18. The van der Waals surface area contributed by atoms with Gasteiger partial charge in [-0.1, -0.05) is 6.07 Å². The summed E-state index contributed by atoms with van der Waals surface area (Å²) >= 11 is 5.16. The standard InChI is InChI=1S/C21H25ClFN3O9S/c1-13(27)25(20(29)34-12-33-19(28)9-24-22)10-16-11-26(21(30)35-16)15-2-3-17(18(23)8-15)14-4-6-36(31,32)7-5-14/h2-3,8,14,16,24H,4-7,9-12H2,1H3/t16-/m0/s1. The van der Waals surface area contributed by atoms with E-state index in [1.807, 2.05) is 4.84 Å². The lowest BCUT2D eigenvalue weighted by atomic mass is 9.93. The minimum Gasteiger partial charge on any atom is -0.442 e. The van der Waals surface area contributed by atoms with Gasteiger partial charge in [0.05, 0.1) is 30.3 Å². The fourth-order valence-electron chi connectivity index (χ4n) is 3.91. The molecule has 1 aromatic carbocycles. The smallest absolute Gasteiger partial charge is 0.419 e. The van der Waals surface area contributed by atoms with Gasteiger partial charge < -0.3 is 14.2 Å². The van der Waals surface area contributed by atoms with Crippen molar-refractivity contribution in [2.75, 3.05) is 42.8 Å². The molecule has 2 aliphatic heterocycles. The third kappa shape index (κ3) is 7.04. The van der Waals surface area contributed by atoms with E-state index < -0.39 is 52.6 Å². The lowest BCUT2D eigenvalue weighted by Crippen LogP contribution is -2.42. The molecule has 0 bridgehead atoms. The van der Waals surface area contributed by atoms with Crippen LogP contribution in [0.3, 0.4) is 0 Å². The number of imide groups is 1. The summed E-state index contributed by atoms with van der Waals surface area (Å²) in [6.07, 6.45) is -2.19. The number of rotatable bonds is 8. The molecule has 0 aromatic heterocycles. The summed E-state index contributed by atoms with van der Waals surface area (Å²) in [6, 6.07) is 4.23. The predicted molar refractivity (Wildman–Crippen MR) is 123 cm³/mol. The number of cyclic esters (lactones) is 1. The summed E-state index contributed by atoms with van der Waals surface area (Å²) in [5, 5.41) is 0. The number of esters is 1. The summed E-state index contributed by atoms with van der Waals surface area (Å²) < 4.78 is 52.7. The zero-order valence-electron chi connectivity index (χ0n) is 19.3. The molecule has 3 amide bonds. The Hall–Kier alpha value is -2.97. The van der Waals surface area contributed by atoms with Gasteiger partial charge in [-0.15, -0.1) is 0 Å². The maximum atomic E-state index is 14.9. The molecular formula is C21H25ClFN3O9S. The number of anilines is 1. The number of sulfone groups is 1. The van der Waals surface area contributed by atoms with Gasteiger partial charge in [0.25, 0.3) is 0 Å². The molecule has 0 spiro atoms. The summed E-state index contributed by atoms with van der Waals surface area (Å²) in [6.45, 7) is -0.399. The summed E-state index contributed by atoms with van der Waals surface area (Å²) in [4.78, 5) is 51.7. The highest BCUT2D eigenvalue weighted by molar-refractivity contribution is 7.91. The number of ether oxygens (including phenoxy) is 3. The van der Waals surface area contributed by atoms with Gasteiger partial charge in [0.2, 0.25) is 12.7 Å². The van der Waals surface area contributed by atoms with Crippen LogP contribution in [0.5, 0.6) is 0 Å². The van der Waals surface area contributed by atoms with Crippen LogP contribution in [-0.4, -0.2) is 81.4 Å². The van der Waals surface area contributed by atoms with Gasteiger partial charge >= 0.3 is 18.2 Å². The number of nitrogens with zero attached hydrogens (tertiary/aromatic N) is 2. The van der Waals surface area contributed by atoms with Crippen molar-refractivity contribution in [3.63, 3.8) is 0 Å². The van der Waals surface area contributed by atoms with Crippen LogP contribution in [0.4, 0.5) is 19.7 Å². The monoisotopic (exact) mass is 549 g/mol. The predicted octanol–water partition coefficient (Wildman–Crippen LogP) is 1.67. The van der Waals surface area contributed by atoms with E-state index in [9.17, 15) is 32.0 Å². The second-order valence-corrected chi connectivity index (χ2v) is 10.8. The molecule has 1 N–H and O–H groups in total. The van der Waals surface area contributed by atoms with Crippen LogP contribution in [0, 0.1) is 5.82 Å². The van der Waals surface area contributed by atoms with E-state index in [4.69, 9.17) is 21.3 Å². The van der Waals surface area contributed by atoms with E-state index in [1.165, 1.54) is 18.2 Å². The fraction of sp³-hybridized carbons (Fsp3) is 0.524. The number of amides is 3. The highest BCUT2D eigenvalue weighted by Gasteiger charge is 2.36. The van der Waals surface area contributed by atoms with Crippen molar-refractivity contribution >= 4 is 51.4 Å². The van der Waals surface area contributed by atoms with Gasteiger partial charge in [-0.3, -0.25) is 14.5 Å². The van der Waals surface area contributed by atoms with E-state index in [2.05, 4.69) is 4.74 Å². The molecule has 2 fully saturated rings. The van der Waals surface area contributed by atoms with Crippen molar-refractivity contribution in [2.24, 2.45) is 0 Å². The molecular weight excluding hydrogens is 525 g/mol. The van der Waals surface area contributed by atoms with Gasteiger partial charge in [0.15, 0.2) is 0 Å². The Labute approximate surface area is 211 Å². The Kier molecular flexibility index (Phi) is 9.08. The molecule has 3 rings (SSSR count). The van der Waals surface area contributed by atoms with E-state index in [1.54, 1.807) is 0 Å². The number of benzene rings is 1. The first kappa shape index (κ1) is 27.6.